The number of aromatic amines is 2. The van der Waals surface area contributed by atoms with Gasteiger partial charge in [-0.05, 0) is 0 Å². The number of carbonyl (C=O) groups excluding carboxylic acids is 1. The Labute approximate surface area is 112 Å². The molecule has 4 heterocycles. The molecule has 20 heavy (non-hydrogen) atoms. The molecule has 0 aromatic carbocycles. The van der Waals surface area contributed by atoms with Crippen molar-refractivity contribution in [3.63, 3.8) is 0 Å². The van der Waals surface area contributed by atoms with E-state index in [0.29, 0.717) is 33.2 Å². The predicted molar refractivity (Wildman–Crippen MR) is 71.2 cm³/mol. The molecular weight excluding hydrogens is 256 g/mol. The van der Waals surface area contributed by atoms with Crippen molar-refractivity contribution in [3.05, 3.63) is 48.6 Å². The van der Waals surface area contributed by atoms with Gasteiger partial charge >= 0.3 is 0 Å². The van der Waals surface area contributed by atoms with Crippen molar-refractivity contribution in [1.82, 2.24) is 29.9 Å². The average molecular weight is 264 g/mol. The van der Waals surface area contributed by atoms with Crippen LogP contribution in [0.4, 0.5) is 0 Å². The van der Waals surface area contributed by atoms with E-state index in [1.54, 1.807) is 24.8 Å². The van der Waals surface area contributed by atoms with Gasteiger partial charge in [0.2, 0.25) is 0 Å². The van der Waals surface area contributed by atoms with Crippen LogP contribution in [0.1, 0.15) is 15.9 Å². The summed E-state index contributed by atoms with van der Waals surface area (Å²) in [6, 6.07) is 0. The van der Waals surface area contributed by atoms with Crippen molar-refractivity contribution < 1.29 is 4.79 Å². The Morgan fingerprint density at radius 3 is 1.85 bits per heavy atom. The van der Waals surface area contributed by atoms with E-state index in [4.69, 9.17) is 0 Å². The normalized spacial score (nSPS) is 11.2. The molecule has 0 aliphatic heterocycles. The van der Waals surface area contributed by atoms with Gasteiger partial charge in [0.15, 0.2) is 5.78 Å². The number of fused-ring (bicyclic) bond motifs is 2. The summed E-state index contributed by atoms with van der Waals surface area (Å²) in [4.78, 5) is 34.6. The second kappa shape index (κ2) is 3.95. The highest BCUT2D eigenvalue weighted by Crippen LogP contribution is 2.22. The highest BCUT2D eigenvalue weighted by molar-refractivity contribution is 6.20. The van der Waals surface area contributed by atoms with Crippen LogP contribution < -0.4 is 0 Å². The highest BCUT2D eigenvalue weighted by Gasteiger charge is 2.18. The Balaban J connectivity index is 1.92. The number of ketones is 1. The topological polar surface area (TPSA) is 100 Å². The van der Waals surface area contributed by atoms with Gasteiger partial charge in [0.25, 0.3) is 0 Å². The molecule has 0 unspecified atom stereocenters. The molecule has 4 aromatic heterocycles. The smallest absolute Gasteiger partial charge is 0.197 e. The summed E-state index contributed by atoms with van der Waals surface area (Å²) in [5.41, 5.74) is 2.34. The molecule has 0 saturated heterocycles. The lowest BCUT2D eigenvalue weighted by Crippen LogP contribution is -1.99. The van der Waals surface area contributed by atoms with Crippen molar-refractivity contribution in [1.29, 1.82) is 0 Å². The van der Waals surface area contributed by atoms with Crippen molar-refractivity contribution in [3.8, 4) is 0 Å². The molecule has 2 N–H and O–H groups in total. The van der Waals surface area contributed by atoms with Gasteiger partial charge in [0.1, 0.15) is 23.9 Å². The molecule has 96 valence electrons. The first-order valence-electron chi connectivity index (χ1n) is 5.93. The fraction of sp³-hybridized carbons (Fsp3) is 0. The van der Waals surface area contributed by atoms with Crippen LogP contribution in [0.3, 0.4) is 0 Å². The van der Waals surface area contributed by atoms with Crippen molar-refractivity contribution in [2.75, 3.05) is 0 Å². The van der Waals surface area contributed by atoms with Crippen LogP contribution in [0.25, 0.3) is 22.1 Å². The van der Waals surface area contributed by atoms with Gasteiger partial charge < -0.3 is 9.97 Å². The van der Waals surface area contributed by atoms with E-state index in [1.165, 1.54) is 12.7 Å². The van der Waals surface area contributed by atoms with Gasteiger partial charge in [-0.3, -0.25) is 4.79 Å². The average Bonchev–Trinajstić information content (AvgIpc) is 3.11. The van der Waals surface area contributed by atoms with E-state index in [0.717, 1.165) is 0 Å². The number of hydrogen-bond acceptors (Lipinski definition) is 5. The van der Waals surface area contributed by atoms with Crippen molar-refractivity contribution in [2.45, 2.75) is 0 Å². The minimum Gasteiger partial charge on any atom is -0.345 e. The largest absolute Gasteiger partial charge is 0.345 e. The zero-order valence-corrected chi connectivity index (χ0v) is 10.2. The van der Waals surface area contributed by atoms with Crippen molar-refractivity contribution >= 4 is 27.9 Å². The molecule has 0 bridgehead atoms. The summed E-state index contributed by atoms with van der Waals surface area (Å²) >= 11 is 0. The van der Waals surface area contributed by atoms with Crippen molar-refractivity contribution in [2.24, 2.45) is 0 Å². The maximum atomic E-state index is 12.6. The molecule has 0 amide bonds. The number of rotatable bonds is 2. The molecule has 0 spiro atoms. The predicted octanol–water partition coefficient (Wildman–Crippen LogP) is 1.46. The fourth-order valence-corrected chi connectivity index (χ4v) is 2.24. The van der Waals surface area contributed by atoms with Gasteiger partial charge in [0, 0.05) is 35.6 Å². The fourth-order valence-electron chi connectivity index (χ4n) is 2.24. The van der Waals surface area contributed by atoms with Crippen LogP contribution in [-0.4, -0.2) is 35.7 Å². The van der Waals surface area contributed by atoms with Gasteiger partial charge in [-0.2, -0.15) is 0 Å². The van der Waals surface area contributed by atoms with Gasteiger partial charge in [-0.15, -0.1) is 0 Å². The Morgan fingerprint density at radius 2 is 1.35 bits per heavy atom. The first-order valence-corrected chi connectivity index (χ1v) is 5.93. The summed E-state index contributed by atoms with van der Waals surface area (Å²) < 4.78 is 0. The van der Waals surface area contributed by atoms with Crippen LogP contribution in [0.15, 0.2) is 37.4 Å². The number of nitrogens with zero attached hydrogens (tertiary/aromatic N) is 4. The Kier molecular flexibility index (Phi) is 2.13. The lowest BCUT2D eigenvalue weighted by atomic mass is 10.1. The summed E-state index contributed by atoms with van der Waals surface area (Å²) in [6.45, 7) is 0. The third-order valence-corrected chi connectivity index (χ3v) is 3.20. The molecule has 0 saturated carbocycles. The molecule has 7 nitrogen and oxygen atoms in total. The zero-order chi connectivity index (χ0) is 13.5. The molecule has 0 aliphatic carbocycles. The monoisotopic (exact) mass is 264 g/mol. The third-order valence-electron chi connectivity index (χ3n) is 3.20. The first kappa shape index (κ1) is 10.8. The Morgan fingerprint density at radius 1 is 0.850 bits per heavy atom. The minimum atomic E-state index is -0.118. The van der Waals surface area contributed by atoms with Crippen LogP contribution in [-0.2, 0) is 0 Å². The van der Waals surface area contributed by atoms with E-state index in [1.807, 2.05) is 0 Å². The molecule has 0 fully saturated rings. The van der Waals surface area contributed by atoms with Crippen LogP contribution in [0, 0.1) is 0 Å². The molecule has 4 rings (SSSR count). The van der Waals surface area contributed by atoms with E-state index in [9.17, 15) is 4.79 Å². The van der Waals surface area contributed by atoms with Gasteiger partial charge in [-0.25, -0.2) is 19.9 Å². The second-order valence-corrected chi connectivity index (χ2v) is 4.30. The SMILES string of the molecule is O=C(c1c[nH]c2ncncc12)c1c[nH]c2ncncc12. The lowest BCUT2D eigenvalue weighted by Gasteiger charge is -1.97. The maximum absolute atomic E-state index is 12.6. The third kappa shape index (κ3) is 1.43. The standard InChI is InChI=1S/C13H8N6O/c20-11(7-3-16-12-9(7)1-14-5-18-12)8-4-17-13-10(8)2-15-6-19-13/h1-6H,(H,14,16,18)(H,15,17,19). The van der Waals surface area contributed by atoms with E-state index < -0.39 is 0 Å². The maximum Gasteiger partial charge on any atom is 0.197 e. The number of aromatic nitrogens is 6. The Bertz CT molecular complexity index is 862. The first-order chi connectivity index (χ1) is 9.84. The Hall–Kier alpha value is -3.09. The molecule has 7 heteroatoms. The number of hydrogen-bond donors (Lipinski definition) is 2. The van der Waals surface area contributed by atoms with Crippen LogP contribution >= 0.6 is 0 Å². The van der Waals surface area contributed by atoms with E-state index in [2.05, 4.69) is 29.9 Å². The summed E-state index contributed by atoms with van der Waals surface area (Å²) in [5, 5.41) is 1.40. The molecule has 4 aromatic rings. The second-order valence-electron chi connectivity index (χ2n) is 4.30. The summed E-state index contributed by atoms with van der Waals surface area (Å²) in [6.07, 6.45) is 9.41. The zero-order valence-electron chi connectivity index (χ0n) is 10.2. The molecular formula is C13H8N6O. The summed E-state index contributed by atoms with van der Waals surface area (Å²) in [5.74, 6) is -0.118. The van der Waals surface area contributed by atoms with E-state index in [-0.39, 0.29) is 5.78 Å². The number of H-pyrrole nitrogens is 2. The lowest BCUT2D eigenvalue weighted by molar-refractivity contribution is 0.104. The van der Waals surface area contributed by atoms with Crippen LogP contribution in [0.2, 0.25) is 0 Å². The minimum absolute atomic E-state index is 0.118. The van der Waals surface area contributed by atoms with Gasteiger partial charge in [-0.1, -0.05) is 0 Å². The van der Waals surface area contributed by atoms with Crippen LogP contribution in [0.5, 0.6) is 0 Å². The molecule has 0 radical (unpaired) electrons. The van der Waals surface area contributed by atoms with Gasteiger partial charge in [0.05, 0.1) is 11.1 Å². The van der Waals surface area contributed by atoms with E-state index >= 15 is 0 Å². The molecule has 0 atom stereocenters. The highest BCUT2D eigenvalue weighted by atomic mass is 16.1. The molecule has 0 aliphatic rings. The summed E-state index contributed by atoms with van der Waals surface area (Å²) in [7, 11) is 0. The number of carbonyl (C=O) groups is 1. The quantitative estimate of drug-likeness (QED) is 0.534. The number of nitrogens with one attached hydrogen (secondary N) is 2.